The Morgan fingerprint density at radius 2 is 1.92 bits per heavy atom. The highest BCUT2D eigenvalue weighted by atomic mass is 19.4. The lowest BCUT2D eigenvalue weighted by Crippen LogP contribution is -2.56. The van der Waals surface area contributed by atoms with Gasteiger partial charge in [0.25, 0.3) is 0 Å². The van der Waals surface area contributed by atoms with Gasteiger partial charge < -0.3 is 0 Å². The number of hydrazine groups is 1. The molecule has 1 fully saturated rings. The van der Waals surface area contributed by atoms with Crippen LogP contribution in [0, 0.1) is 0 Å². The van der Waals surface area contributed by atoms with Crippen LogP contribution in [0.3, 0.4) is 0 Å². The molecule has 0 aromatic heterocycles. The number of aryl methyl sites for hydroxylation is 2. The molecule has 6 heteroatoms. The maximum Gasteiger partial charge on any atom is 0.405 e. The van der Waals surface area contributed by atoms with E-state index in [0.717, 1.165) is 23.4 Å². The Morgan fingerprint density at radius 3 is 2.48 bits per heavy atom. The molecule has 1 aliphatic heterocycles. The van der Waals surface area contributed by atoms with Crippen molar-refractivity contribution in [3.05, 3.63) is 35.4 Å². The summed E-state index contributed by atoms with van der Waals surface area (Å²) in [7, 11) is 0. The summed E-state index contributed by atoms with van der Waals surface area (Å²) in [6, 6.07) is 6.54. The zero-order valence-electron chi connectivity index (χ0n) is 15.1. The second kappa shape index (κ2) is 7.77. The number of carbonyl (C=O) groups excluding carboxylic acids is 1. The molecule has 1 N–H and O–H groups in total. The predicted octanol–water partition coefficient (Wildman–Crippen LogP) is 4.41. The molecule has 0 saturated carbocycles. The van der Waals surface area contributed by atoms with Gasteiger partial charge in [0, 0.05) is 12.0 Å². The van der Waals surface area contributed by atoms with Crippen molar-refractivity contribution in [1.82, 2.24) is 10.4 Å². The topological polar surface area (TPSA) is 32.3 Å². The van der Waals surface area contributed by atoms with E-state index in [2.05, 4.69) is 24.5 Å². The Balaban J connectivity index is 1.94. The van der Waals surface area contributed by atoms with E-state index < -0.39 is 17.8 Å². The van der Waals surface area contributed by atoms with Crippen LogP contribution < -0.4 is 5.43 Å². The second-order valence-corrected chi connectivity index (χ2v) is 7.37. The van der Waals surface area contributed by atoms with Crippen molar-refractivity contribution in [1.29, 1.82) is 0 Å². The van der Waals surface area contributed by atoms with Gasteiger partial charge in [-0.15, -0.1) is 0 Å². The molecule has 0 aliphatic carbocycles. The molecule has 1 heterocycles. The monoisotopic (exact) mass is 356 g/mol. The summed E-state index contributed by atoms with van der Waals surface area (Å²) in [6.07, 6.45) is -1.41. The highest BCUT2D eigenvalue weighted by Gasteiger charge is 2.51. The fourth-order valence-electron chi connectivity index (χ4n) is 3.41. The Labute approximate surface area is 147 Å². The third-order valence-corrected chi connectivity index (χ3v) is 4.77. The average molecular weight is 356 g/mol. The standard InChI is InChI=1S/C19H27F3N2O/c1-4-14-9-7-10-15(12-14)8-5-6-11-16(19(20,21)22)24-18(2,3)13-17(25)23-24/h7,9-10,12,16H,4-6,8,11,13H2,1-3H3,(H,23,25). The predicted molar refractivity (Wildman–Crippen MR) is 91.9 cm³/mol. The Morgan fingerprint density at radius 1 is 1.24 bits per heavy atom. The molecule has 1 aromatic rings. The summed E-state index contributed by atoms with van der Waals surface area (Å²) < 4.78 is 40.5. The number of benzene rings is 1. The van der Waals surface area contributed by atoms with Crippen LogP contribution in [0.2, 0.25) is 0 Å². The van der Waals surface area contributed by atoms with Gasteiger partial charge in [-0.05, 0) is 50.7 Å². The first kappa shape index (κ1) is 19.8. The molecular weight excluding hydrogens is 329 g/mol. The lowest BCUT2D eigenvalue weighted by Gasteiger charge is -2.37. The van der Waals surface area contributed by atoms with E-state index in [9.17, 15) is 18.0 Å². The van der Waals surface area contributed by atoms with Crippen molar-refractivity contribution in [3.63, 3.8) is 0 Å². The van der Waals surface area contributed by atoms with Crippen molar-refractivity contribution in [2.45, 2.75) is 77.1 Å². The fourth-order valence-corrected chi connectivity index (χ4v) is 3.41. The molecule has 140 valence electrons. The number of hydrogen-bond acceptors (Lipinski definition) is 2. The van der Waals surface area contributed by atoms with Crippen LogP contribution in [-0.2, 0) is 17.6 Å². The first-order valence-corrected chi connectivity index (χ1v) is 8.87. The van der Waals surface area contributed by atoms with Gasteiger partial charge in [0.15, 0.2) is 0 Å². The minimum absolute atomic E-state index is 0.0132. The van der Waals surface area contributed by atoms with Crippen molar-refractivity contribution >= 4 is 5.91 Å². The third kappa shape index (κ3) is 5.21. The number of rotatable bonds is 7. The Hall–Kier alpha value is -1.56. The van der Waals surface area contributed by atoms with Crippen molar-refractivity contribution in [2.24, 2.45) is 0 Å². The molecule has 1 amide bonds. The second-order valence-electron chi connectivity index (χ2n) is 7.37. The smallest absolute Gasteiger partial charge is 0.288 e. The van der Waals surface area contributed by atoms with E-state index in [0.29, 0.717) is 12.8 Å². The van der Waals surface area contributed by atoms with Crippen LogP contribution in [0.25, 0.3) is 0 Å². The molecule has 25 heavy (non-hydrogen) atoms. The maximum absolute atomic E-state index is 13.5. The van der Waals surface area contributed by atoms with Crippen molar-refractivity contribution < 1.29 is 18.0 Å². The summed E-state index contributed by atoms with van der Waals surface area (Å²) in [6.45, 7) is 5.42. The fraction of sp³-hybridized carbons (Fsp3) is 0.632. The van der Waals surface area contributed by atoms with E-state index in [1.165, 1.54) is 5.56 Å². The van der Waals surface area contributed by atoms with E-state index >= 15 is 0 Å². The van der Waals surface area contributed by atoms with E-state index in [4.69, 9.17) is 0 Å². The summed E-state index contributed by atoms with van der Waals surface area (Å²) >= 11 is 0. The zero-order valence-corrected chi connectivity index (χ0v) is 15.1. The minimum Gasteiger partial charge on any atom is -0.288 e. The largest absolute Gasteiger partial charge is 0.405 e. The van der Waals surface area contributed by atoms with Crippen LogP contribution in [0.4, 0.5) is 13.2 Å². The van der Waals surface area contributed by atoms with Gasteiger partial charge in [0.05, 0.1) is 0 Å². The van der Waals surface area contributed by atoms with Crippen LogP contribution >= 0.6 is 0 Å². The number of halogens is 3. The van der Waals surface area contributed by atoms with E-state index in [1.54, 1.807) is 13.8 Å². The van der Waals surface area contributed by atoms with Gasteiger partial charge in [-0.2, -0.15) is 13.2 Å². The number of nitrogens with zero attached hydrogens (tertiary/aromatic N) is 1. The number of nitrogens with one attached hydrogen (secondary N) is 1. The van der Waals surface area contributed by atoms with Crippen LogP contribution in [0.5, 0.6) is 0 Å². The number of unbranched alkanes of at least 4 members (excludes halogenated alkanes) is 1. The van der Waals surface area contributed by atoms with Gasteiger partial charge in [0.2, 0.25) is 5.91 Å². The highest BCUT2D eigenvalue weighted by molar-refractivity contribution is 5.78. The summed E-state index contributed by atoms with van der Waals surface area (Å²) in [5.41, 5.74) is 3.98. The van der Waals surface area contributed by atoms with Crippen LogP contribution in [-0.4, -0.2) is 28.7 Å². The quantitative estimate of drug-likeness (QED) is 0.734. The summed E-state index contributed by atoms with van der Waals surface area (Å²) in [4.78, 5) is 11.6. The van der Waals surface area contributed by atoms with Crippen molar-refractivity contribution in [2.75, 3.05) is 0 Å². The molecule has 3 nitrogen and oxygen atoms in total. The molecule has 2 rings (SSSR count). The Bertz CT molecular complexity index is 599. The molecule has 1 aromatic carbocycles. The third-order valence-electron chi connectivity index (χ3n) is 4.77. The van der Waals surface area contributed by atoms with Gasteiger partial charge >= 0.3 is 6.18 Å². The first-order chi connectivity index (χ1) is 11.6. The molecule has 0 spiro atoms. The number of hydrogen-bond donors (Lipinski definition) is 1. The first-order valence-electron chi connectivity index (χ1n) is 8.87. The highest BCUT2D eigenvalue weighted by Crippen LogP contribution is 2.35. The van der Waals surface area contributed by atoms with Gasteiger partial charge in [-0.3, -0.25) is 10.2 Å². The molecule has 0 radical (unpaired) electrons. The molecule has 1 saturated heterocycles. The summed E-state index contributed by atoms with van der Waals surface area (Å²) in [5.74, 6) is -0.351. The number of amides is 1. The minimum atomic E-state index is -4.36. The lowest BCUT2D eigenvalue weighted by molar-refractivity contribution is -0.202. The maximum atomic E-state index is 13.5. The molecule has 1 atom stereocenters. The van der Waals surface area contributed by atoms with E-state index in [-0.39, 0.29) is 18.7 Å². The van der Waals surface area contributed by atoms with Crippen molar-refractivity contribution in [3.8, 4) is 0 Å². The summed E-state index contributed by atoms with van der Waals surface area (Å²) in [5, 5.41) is 1.10. The van der Waals surface area contributed by atoms with Gasteiger partial charge in [-0.1, -0.05) is 37.6 Å². The molecular formula is C19H27F3N2O. The normalized spacial score (nSPS) is 19.0. The zero-order chi connectivity index (χ0) is 18.7. The lowest BCUT2D eigenvalue weighted by atomic mass is 9.97. The van der Waals surface area contributed by atoms with Gasteiger partial charge in [0.1, 0.15) is 6.04 Å². The number of carbonyl (C=O) groups is 1. The molecule has 0 bridgehead atoms. The SMILES string of the molecule is CCc1cccc(CCCCC(N2NC(=O)CC2(C)C)C(F)(F)F)c1. The molecule has 1 aliphatic rings. The van der Waals surface area contributed by atoms with E-state index in [1.807, 2.05) is 12.1 Å². The molecule has 1 unspecified atom stereocenters. The number of alkyl halides is 3. The van der Waals surface area contributed by atoms with Crippen LogP contribution in [0.1, 0.15) is 57.6 Å². The van der Waals surface area contributed by atoms with Gasteiger partial charge in [-0.25, -0.2) is 5.01 Å². The Kier molecular flexibility index (Phi) is 6.14. The van der Waals surface area contributed by atoms with Crippen LogP contribution in [0.15, 0.2) is 24.3 Å². The average Bonchev–Trinajstić information content (AvgIpc) is 2.78.